The van der Waals surface area contributed by atoms with Gasteiger partial charge in [0.15, 0.2) is 0 Å². The summed E-state index contributed by atoms with van der Waals surface area (Å²) in [7, 11) is 1.64. The molecule has 0 spiro atoms. The second kappa shape index (κ2) is 4.78. The Labute approximate surface area is 102 Å². The average Bonchev–Trinajstić information content (AvgIpc) is 2.72. The zero-order chi connectivity index (χ0) is 12.4. The summed E-state index contributed by atoms with van der Waals surface area (Å²) in [6.07, 6.45) is 0.670. The first-order chi connectivity index (χ1) is 8.11. The fraction of sp³-hybridized carbons (Fsp3) is 0.500. The Morgan fingerprint density at radius 2 is 1.94 bits per heavy atom. The fourth-order valence-corrected chi connectivity index (χ4v) is 2.19. The summed E-state index contributed by atoms with van der Waals surface area (Å²) < 4.78 is 5.11. The number of ether oxygens (including phenoxy) is 1. The van der Waals surface area contributed by atoms with E-state index in [0.29, 0.717) is 18.3 Å². The first-order valence-electron chi connectivity index (χ1n) is 6.06. The predicted octanol–water partition coefficient (Wildman–Crippen LogP) is 2.70. The van der Waals surface area contributed by atoms with Crippen molar-refractivity contribution in [2.24, 2.45) is 11.8 Å². The zero-order valence-corrected chi connectivity index (χ0v) is 10.6. The molecule has 3 nitrogen and oxygen atoms in total. The summed E-state index contributed by atoms with van der Waals surface area (Å²) in [5.41, 5.74) is 0.971. The summed E-state index contributed by atoms with van der Waals surface area (Å²) in [4.78, 5) is 13.8. The topological polar surface area (TPSA) is 29.5 Å². The lowest BCUT2D eigenvalue weighted by Crippen LogP contribution is -2.24. The van der Waals surface area contributed by atoms with Crippen LogP contribution in [0.1, 0.15) is 20.3 Å². The highest BCUT2D eigenvalue weighted by molar-refractivity contribution is 5.95. The number of carbonyl (C=O) groups is 1. The molecule has 2 rings (SSSR count). The first-order valence-corrected chi connectivity index (χ1v) is 6.06. The molecule has 3 heteroatoms. The Bertz CT molecular complexity index is 397. The Kier molecular flexibility index (Phi) is 3.36. The van der Waals surface area contributed by atoms with Gasteiger partial charge >= 0.3 is 0 Å². The summed E-state index contributed by atoms with van der Waals surface area (Å²) in [5.74, 6) is 2.08. The molecule has 1 saturated heterocycles. The van der Waals surface area contributed by atoms with Gasteiger partial charge in [-0.05, 0) is 36.1 Å². The van der Waals surface area contributed by atoms with Crippen LogP contribution in [0.3, 0.4) is 0 Å². The monoisotopic (exact) mass is 233 g/mol. The minimum atomic E-state index is 0.230. The standard InChI is InChI=1S/C14H19NO2/c1-10(2)11-8-14(16)15(9-11)12-4-6-13(17-3)7-5-12/h4-7,10-11H,8-9H2,1-3H3. The van der Waals surface area contributed by atoms with Crippen LogP contribution in [0.15, 0.2) is 24.3 Å². The van der Waals surface area contributed by atoms with Crippen molar-refractivity contribution in [3.63, 3.8) is 0 Å². The fourth-order valence-electron chi connectivity index (χ4n) is 2.19. The lowest BCUT2D eigenvalue weighted by Gasteiger charge is -2.18. The minimum Gasteiger partial charge on any atom is -0.497 e. The number of anilines is 1. The van der Waals surface area contributed by atoms with Crippen LogP contribution in [-0.2, 0) is 4.79 Å². The van der Waals surface area contributed by atoms with Crippen molar-refractivity contribution >= 4 is 11.6 Å². The Morgan fingerprint density at radius 3 is 2.41 bits per heavy atom. The SMILES string of the molecule is COc1ccc(N2CC(C(C)C)CC2=O)cc1. The molecule has 1 aromatic carbocycles. The van der Waals surface area contributed by atoms with Crippen LogP contribution in [-0.4, -0.2) is 19.6 Å². The lowest BCUT2D eigenvalue weighted by atomic mass is 9.95. The molecule has 1 atom stereocenters. The molecule has 0 saturated carbocycles. The molecule has 1 aliphatic heterocycles. The van der Waals surface area contributed by atoms with E-state index in [-0.39, 0.29) is 5.91 Å². The van der Waals surface area contributed by atoms with Gasteiger partial charge in [-0.1, -0.05) is 13.8 Å². The Morgan fingerprint density at radius 1 is 1.29 bits per heavy atom. The molecule has 0 N–H and O–H groups in total. The molecule has 1 amide bonds. The normalized spacial score (nSPS) is 20.1. The van der Waals surface area contributed by atoms with Gasteiger partial charge in [-0.2, -0.15) is 0 Å². The van der Waals surface area contributed by atoms with Gasteiger partial charge in [-0.25, -0.2) is 0 Å². The molecule has 0 bridgehead atoms. The maximum Gasteiger partial charge on any atom is 0.227 e. The molecule has 0 aliphatic carbocycles. The number of benzene rings is 1. The summed E-state index contributed by atoms with van der Waals surface area (Å²) in [6, 6.07) is 7.68. The van der Waals surface area contributed by atoms with Crippen molar-refractivity contribution in [2.75, 3.05) is 18.6 Å². The zero-order valence-electron chi connectivity index (χ0n) is 10.6. The highest BCUT2D eigenvalue weighted by atomic mass is 16.5. The Balaban J connectivity index is 2.14. The van der Waals surface area contributed by atoms with E-state index in [9.17, 15) is 4.79 Å². The van der Waals surface area contributed by atoms with E-state index >= 15 is 0 Å². The van der Waals surface area contributed by atoms with Crippen molar-refractivity contribution in [3.05, 3.63) is 24.3 Å². The lowest BCUT2D eigenvalue weighted by molar-refractivity contribution is -0.117. The highest BCUT2D eigenvalue weighted by Crippen LogP contribution is 2.30. The van der Waals surface area contributed by atoms with Crippen LogP contribution in [0.2, 0.25) is 0 Å². The number of hydrogen-bond donors (Lipinski definition) is 0. The maximum absolute atomic E-state index is 11.9. The van der Waals surface area contributed by atoms with Crippen molar-refractivity contribution < 1.29 is 9.53 Å². The van der Waals surface area contributed by atoms with Crippen LogP contribution in [0.4, 0.5) is 5.69 Å². The van der Waals surface area contributed by atoms with Gasteiger partial charge < -0.3 is 9.64 Å². The van der Waals surface area contributed by atoms with E-state index in [2.05, 4.69) is 13.8 Å². The van der Waals surface area contributed by atoms with Crippen LogP contribution in [0.5, 0.6) is 5.75 Å². The van der Waals surface area contributed by atoms with Gasteiger partial charge in [0.05, 0.1) is 7.11 Å². The number of nitrogens with zero attached hydrogens (tertiary/aromatic N) is 1. The van der Waals surface area contributed by atoms with E-state index in [1.54, 1.807) is 7.11 Å². The van der Waals surface area contributed by atoms with E-state index in [1.165, 1.54) is 0 Å². The van der Waals surface area contributed by atoms with Crippen molar-refractivity contribution in [2.45, 2.75) is 20.3 Å². The second-order valence-electron chi connectivity index (χ2n) is 4.91. The molecule has 1 aromatic rings. The third-order valence-electron chi connectivity index (χ3n) is 3.48. The minimum absolute atomic E-state index is 0.230. The summed E-state index contributed by atoms with van der Waals surface area (Å²) >= 11 is 0. The molecule has 0 radical (unpaired) electrons. The second-order valence-corrected chi connectivity index (χ2v) is 4.91. The molecule has 17 heavy (non-hydrogen) atoms. The highest BCUT2D eigenvalue weighted by Gasteiger charge is 2.32. The molecular formula is C14H19NO2. The average molecular weight is 233 g/mol. The van der Waals surface area contributed by atoms with Crippen LogP contribution in [0.25, 0.3) is 0 Å². The molecule has 1 unspecified atom stereocenters. The molecule has 92 valence electrons. The van der Waals surface area contributed by atoms with Gasteiger partial charge in [0.2, 0.25) is 5.91 Å². The van der Waals surface area contributed by atoms with Crippen molar-refractivity contribution in [3.8, 4) is 5.75 Å². The molecule has 1 fully saturated rings. The number of rotatable bonds is 3. The quantitative estimate of drug-likeness (QED) is 0.803. The maximum atomic E-state index is 11.9. The van der Waals surface area contributed by atoms with E-state index in [4.69, 9.17) is 4.74 Å². The van der Waals surface area contributed by atoms with Crippen molar-refractivity contribution in [1.82, 2.24) is 0 Å². The van der Waals surface area contributed by atoms with Crippen LogP contribution >= 0.6 is 0 Å². The third-order valence-corrected chi connectivity index (χ3v) is 3.48. The number of amides is 1. The molecule has 0 aromatic heterocycles. The first kappa shape index (κ1) is 12.0. The number of methoxy groups -OCH3 is 1. The Hall–Kier alpha value is -1.51. The summed E-state index contributed by atoms with van der Waals surface area (Å²) in [5, 5.41) is 0. The number of carbonyl (C=O) groups excluding carboxylic acids is 1. The van der Waals surface area contributed by atoms with Gasteiger partial charge in [0.25, 0.3) is 0 Å². The third kappa shape index (κ3) is 2.43. The largest absolute Gasteiger partial charge is 0.497 e. The van der Waals surface area contributed by atoms with Gasteiger partial charge in [0.1, 0.15) is 5.75 Å². The van der Waals surface area contributed by atoms with E-state index in [0.717, 1.165) is 18.0 Å². The summed E-state index contributed by atoms with van der Waals surface area (Å²) in [6.45, 7) is 5.19. The van der Waals surface area contributed by atoms with Crippen LogP contribution in [0, 0.1) is 11.8 Å². The molecular weight excluding hydrogens is 214 g/mol. The van der Waals surface area contributed by atoms with Gasteiger partial charge in [-0.15, -0.1) is 0 Å². The van der Waals surface area contributed by atoms with E-state index < -0.39 is 0 Å². The molecule has 1 heterocycles. The predicted molar refractivity (Wildman–Crippen MR) is 68.3 cm³/mol. The van der Waals surface area contributed by atoms with Crippen molar-refractivity contribution in [1.29, 1.82) is 0 Å². The molecule has 1 aliphatic rings. The van der Waals surface area contributed by atoms with Gasteiger partial charge in [0, 0.05) is 18.7 Å². The van der Waals surface area contributed by atoms with Crippen LogP contribution < -0.4 is 9.64 Å². The number of hydrogen-bond acceptors (Lipinski definition) is 2. The smallest absolute Gasteiger partial charge is 0.227 e. The van der Waals surface area contributed by atoms with E-state index in [1.807, 2.05) is 29.2 Å². The van der Waals surface area contributed by atoms with Gasteiger partial charge in [-0.3, -0.25) is 4.79 Å².